The highest BCUT2D eigenvalue weighted by Crippen LogP contribution is 2.07. The number of aliphatic hydroxyl groups is 2. The van der Waals surface area contributed by atoms with E-state index in [4.69, 9.17) is 31.5 Å². The van der Waals surface area contributed by atoms with Crippen LogP contribution in [-0.4, -0.2) is 52.0 Å². The molecule has 2 N–H and O–H groups in total. The van der Waals surface area contributed by atoms with Crippen molar-refractivity contribution >= 4 is 34.5 Å². The average Bonchev–Trinajstić information content (AvgIpc) is 2.41. The fraction of sp³-hybridized carbons (Fsp3) is 0.857. The lowest BCUT2D eigenvalue weighted by Crippen LogP contribution is -2.30. The van der Waals surface area contributed by atoms with Gasteiger partial charge in [0.05, 0.1) is 12.7 Å². The van der Waals surface area contributed by atoms with Gasteiger partial charge in [-0.05, 0) is 44.2 Å². The minimum atomic E-state index is -1.11. The first-order valence-electron chi connectivity index (χ1n) is 7.24. The molecule has 0 amide bonds. The largest absolute Gasteiger partial charge is 0.502 e. The van der Waals surface area contributed by atoms with Gasteiger partial charge in [-0.2, -0.15) is 0 Å². The highest BCUT2D eigenvalue weighted by molar-refractivity contribution is 7.80. The van der Waals surface area contributed by atoms with Gasteiger partial charge in [-0.3, -0.25) is 0 Å². The van der Waals surface area contributed by atoms with E-state index in [1.54, 1.807) is 6.92 Å². The SMILES string of the molecule is CCCCOC(CC)COC(C)OC(=S)C(O)CC(O)=S. The average molecular weight is 338 g/mol. The Morgan fingerprint density at radius 2 is 1.86 bits per heavy atom. The first-order chi connectivity index (χ1) is 9.90. The third-order valence-electron chi connectivity index (χ3n) is 2.75. The van der Waals surface area contributed by atoms with E-state index in [1.807, 2.05) is 6.92 Å². The summed E-state index contributed by atoms with van der Waals surface area (Å²) in [5, 5.41) is 18.2. The van der Waals surface area contributed by atoms with Crippen molar-refractivity contribution in [1.82, 2.24) is 0 Å². The van der Waals surface area contributed by atoms with Crippen molar-refractivity contribution in [1.29, 1.82) is 0 Å². The molecule has 3 unspecified atom stereocenters. The molecule has 0 heterocycles. The smallest absolute Gasteiger partial charge is 0.197 e. The Kier molecular flexibility index (Phi) is 12.0. The maximum atomic E-state index is 9.61. The van der Waals surface area contributed by atoms with Gasteiger partial charge >= 0.3 is 0 Å². The molecule has 0 radical (unpaired) electrons. The van der Waals surface area contributed by atoms with Crippen LogP contribution in [0.5, 0.6) is 0 Å². The monoisotopic (exact) mass is 338 g/mol. The van der Waals surface area contributed by atoms with Crippen LogP contribution in [0.15, 0.2) is 0 Å². The lowest BCUT2D eigenvalue weighted by atomic mass is 10.3. The van der Waals surface area contributed by atoms with Gasteiger partial charge in [0.1, 0.15) is 6.10 Å². The van der Waals surface area contributed by atoms with Crippen LogP contribution in [0.4, 0.5) is 0 Å². The molecule has 0 saturated carbocycles. The normalized spacial score (nSPS) is 15.2. The van der Waals surface area contributed by atoms with E-state index < -0.39 is 12.4 Å². The van der Waals surface area contributed by atoms with Gasteiger partial charge in [0, 0.05) is 13.0 Å². The molecule has 0 aliphatic carbocycles. The Morgan fingerprint density at radius 1 is 1.19 bits per heavy atom. The van der Waals surface area contributed by atoms with Gasteiger partial charge < -0.3 is 24.4 Å². The Hall–Kier alpha value is -0.340. The van der Waals surface area contributed by atoms with Crippen molar-refractivity contribution in [2.24, 2.45) is 0 Å². The van der Waals surface area contributed by atoms with E-state index >= 15 is 0 Å². The highest BCUT2D eigenvalue weighted by Gasteiger charge is 2.18. The van der Waals surface area contributed by atoms with Crippen molar-refractivity contribution in [2.45, 2.75) is 65.0 Å². The third kappa shape index (κ3) is 11.0. The first-order valence-corrected chi connectivity index (χ1v) is 8.05. The molecule has 7 heteroatoms. The van der Waals surface area contributed by atoms with Crippen LogP contribution in [0.3, 0.4) is 0 Å². The fourth-order valence-electron chi connectivity index (χ4n) is 1.45. The van der Waals surface area contributed by atoms with Gasteiger partial charge in [0.25, 0.3) is 0 Å². The molecule has 0 aromatic carbocycles. The molecular weight excluding hydrogens is 312 g/mol. The van der Waals surface area contributed by atoms with Gasteiger partial charge in [-0.25, -0.2) is 0 Å². The molecule has 0 aliphatic heterocycles. The van der Waals surface area contributed by atoms with Crippen molar-refractivity contribution in [3.05, 3.63) is 0 Å². The van der Waals surface area contributed by atoms with Crippen LogP contribution in [-0.2, 0) is 14.2 Å². The molecule has 0 aromatic heterocycles. The maximum absolute atomic E-state index is 9.61. The van der Waals surface area contributed by atoms with Gasteiger partial charge in [0.15, 0.2) is 16.4 Å². The molecule has 5 nitrogen and oxygen atoms in total. The summed E-state index contributed by atoms with van der Waals surface area (Å²) in [6, 6.07) is 0. The highest BCUT2D eigenvalue weighted by atomic mass is 32.1. The minimum absolute atomic E-state index is 0.0196. The number of unbranched alkanes of at least 4 members (excludes halogenated alkanes) is 1. The van der Waals surface area contributed by atoms with E-state index in [0.29, 0.717) is 6.61 Å². The number of ether oxygens (including phenoxy) is 3. The molecule has 124 valence electrons. The van der Waals surface area contributed by atoms with E-state index in [-0.39, 0.29) is 22.6 Å². The fourth-order valence-corrected chi connectivity index (χ4v) is 1.82. The lowest BCUT2D eigenvalue weighted by molar-refractivity contribution is -0.115. The summed E-state index contributed by atoms with van der Waals surface area (Å²) in [5.41, 5.74) is 0. The minimum Gasteiger partial charge on any atom is -0.502 e. The zero-order chi connectivity index (χ0) is 16.3. The van der Waals surface area contributed by atoms with Gasteiger partial charge in [-0.15, -0.1) is 0 Å². The number of aliphatic hydroxyl groups excluding tert-OH is 2. The van der Waals surface area contributed by atoms with Crippen molar-refractivity contribution in [3.8, 4) is 0 Å². The Bertz CT molecular complexity index is 312. The predicted molar refractivity (Wildman–Crippen MR) is 89.9 cm³/mol. The number of rotatable bonds is 12. The quantitative estimate of drug-likeness (QED) is 0.322. The van der Waals surface area contributed by atoms with Crippen LogP contribution in [0.25, 0.3) is 0 Å². The molecule has 0 aromatic rings. The summed E-state index contributed by atoms with van der Waals surface area (Å²) in [7, 11) is 0. The molecule has 0 rings (SSSR count). The first kappa shape index (κ1) is 20.7. The molecular formula is C14H26O5S2. The van der Waals surface area contributed by atoms with Crippen LogP contribution >= 0.6 is 24.4 Å². The summed E-state index contributed by atoms with van der Waals surface area (Å²) in [6.07, 6.45) is 1.18. The summed E-state index contributed by atoms with van der Waals surface area (Å²) in [4.78, 5) is 0. The van der Waals surface area contributed by atoms with Crippen LogP contribution < -0.4 is 0 Å². The number of thiocarbonyl (C=S) groups is 2. The van der Waals surface area contributed by atoms with Crippen LogP contribution in [0.2, 0.25) is 0 Å². The summed E-state index contributed by atoms with van der Waals surface area (Å²) >= 11 is 9.40. The van der Waals surface area contributed by atoms with Crippen molar-refractivity contribution in [2.75, 3.05) is 13.2 Å². The second kappa shape index (κ2) is 12.2. The maximum Gasteiger partial charge on any atom is 0.197 e. The Morgan fingerprint density at radius 3 is 2.38 bits per heavy atom. The molecule has 0 spiro atoms. The van der Waals surface area contributed by atoms with E-state index in [1.165, 1.54) is 0 Å². The van der Waals surface area contributed by atoms with Gasteiger partial charge in [0.2, 0.25) is 0 Å². The summed E-state index contributed by atoms with van der Waals surface area (Å²) in [5.74, 6) is 0. The van der Waals surface area contributed by atoms with Crippen molar-refractivity contribution < 1.29 is 24.4 Å². The molecule has 0 fully saturated rings. The van der Waals surface area contributed by atoms with E-state index in [2.05, 4.69) is 19.1 Å². The zero-order valence-corrected chi connectivity index (χ0v) is 14.5. The summed E-state index contributed by atoms with van der Waals surface area (Å²) in [6.45, 7) is 6.95. The lowest BCUT2D eigenvalue weighted by Gasteiger charge is -2.21. The topological polar surface area (TPSA) is 68.2 Å². The molecule has 21 heavy (non-hydrogen) atoms. The van der Waals surface area contributed by atoms with E-state index in [9.17, 15) is 5.11 Å². The molecule has 0 aliphatic rings. The van der Waals surface area contributed by atoms with Crippen LogP contribution in [0.1, 0.15) is 46.5 Å². The standard InChI is InChI=1S/C14H26O5S2/c1-4-6-7-17-11(5-2)9-18-10(3)19-14(21)12(15)8-13(16)20/h10-12,15H,4-9H2,1-3H3,(H,16,20). The van der Waals surface area contributed by atoms with Crippen molar-refractivity contribution in [3.63, 3.8) is 0 Å². The van der Waals surface area contributed by atoms with E-state index in [0.717, 1.165) is 25.9 Å². The second-order valence-electron chi connectivity index (χ2n) is 4.71. The molecule has 3 atom stereocenters. The third-order valence-corrected chi connectivity index (χ3v) is 3.28. The molecule has 0 saturated heterocycles. The molecule has 0 bridgehead atoms. The Balaban J connectivity index is 3.98. The Labute approximate surface area is 137 Å². The van der Waals surface area contributed by atoms with Gasteiger partial charge in [-0.1, -0.05) is 20.3 Å². The number of hydrogen-bond acceptors (Lipinski definition) is 6. The number of hydrogen-bond donors (Lipinski definition) is 2. The predicted octanol–water partition coefficient (Wildman–Crippen LogP) is 2.92. The summed E-state index contributed by atoms with van der Waals surface area (Å²) < 4.78 is 16.5. The second-order valence-corrected chi connectivity index (χ2v) is 5.58. The van der Waals surface area contributed by atoms with Crippen LogP contribution in [0, 0.1) is 0 Å². The zero-order valence-electron chi connectivity index (χ0n) is 12.9.